The van der Waals surface area contributed by atoms with Crippen LogP contribution in [0.1, 0.15) is 22.5 Å². The molecule has 0 aromatic carbocycles. The number of fused-ring (bicyclic) bond motifs is 1. The van der Waals surface area contributed by atoms with E-state index >= 15 is 0 Å². The molecule has 0 atom stereocenters. The van der Waals surface area contributed by atoms with Gasteiger partial charge in [0.2, 0.25) is 0 Å². The molecule has 6 heteroatoms. The van der Waals surface area contributed by atoms with E-state index < -0.39 is 6.67 Å². The third kappa shape index (κ3) is 3.30. The highest BCUT2D eigenvalue weighted by Gasteiger charge is 2.20. The first-order chi connectivity index (χ1) is 12.2. The fraction of sp³-hybridized carbons (Fsp3) is 0.316. The predicted molar refractivity (Wildman–Crippen MR) is 93.4 cm³/mol. The van der Waals surface area contributed by atoms with Crippen LogP contribution >= 0.6 is 0 Å². The molecular weight excluding hydrogens is 317 g/mol. The summed E-state index contributed by atoms with van der Waals surface area (Å²) in [4.78, 5) is 11.0. The van der Waals surface area contributed by atoms with Gasteiger partial charge in [0, 0.05) is 32.0 Å². The Bertz CT molecular complexity index is 872. The molecule has 128 valence electrons. The van der Waals surface area contributed by atoms with Gasteiger partial charge in [-0.25, -0.2) is 4.39 Å². The molecule has 4 heterocycles. The van der Waals surface area contributed by atoms with Crippen molar-refractivity contribution in [3.05, 3.63) is 65.2 Å². The summed E-state index contributed by atoms with van der Waals surface area (Å²) in [6.45, 7) is 4.98. The molecular formula is C19H20FN5. The minimum Gasteiger partial charge on any atom is -0.291 e. The summed E-state index contributed by atoms with van der Waals surface area (Å²) >= 11 is 0. The van der Waals surface area contributed by atoms with E-state index in [0.717, 1.165) is 48.7 Å². The van der Waals surface area contributed by atoms with E-state index in [4.69, 9.17) is 5.10 Å². The van der Waals surface area contributed by atoms with Crippen molar-refractivity contribution in [1.29, 1.82) is 0 Å². The number of aryl methyl sites for hydroxylation is 1. The van der Waals surface area contributed by atoms with Crippen LogP contribution in [-0.4, -0.2) is 31.2 Å². The monoisotopic (exact) mass is 337 g/mol. The van der Waals surface area contributed by atoms with Crippen molar-refractivity contribution < 1.29 is 4.39 Å². The molecule has 3 aromatic heterocycles. The summed E-state index contributed by atoms with van der Waals surface area (Å²) in [5.41, 5.74) is 5.79. The summed E-state index contributed by atoms with van der Waals surface area (Å²) in [6.07, 6.45) is 3.57. The predicted octanol–water partition coefficient (Wildman–Crippen LogP) is 3.13. The van der Waals surface area contributed by atoms with E-state index in [0.29, 0.717) is 5.69 Å². The Balaban J connectivity index is 1.50. The number of pyridine rings is 2. The first kappa shape index (κ1) is 15.9. The van der Waals surface area contributed by atoms with Gasteiger partial charge in [0.25, 0.3) is 0 Å². The lowest BCUT2D eigenvalue weighted by Gasteiger charge is -2.27. The van der Waals surface area contributed by atoms with Crippen LogP contribution in [0, 0.1) is 6.92 Å². The van der Waals surface area contributed by atoms with Crippen molar-refractivity contribution in [1.82, 2.24) is 24.6 Å². The number of halogens is 1. The molecule has 0 saturated heterocycles. The maximum atomic E-state index is 12.6. The first-order valence-corrected chi connectivity index (χ1v) is 8.44. The van der Waals surface area contributed by atoms with Gasteiger partial charge in [-0.3, -0.25) is 19.5 Å². The van der Waals surface area contributed by atoms with Crippen LogP contribution in [-0.2, 0) is 26.3 Å². The summed E-state index contributed by atoms with van der Waals surface area (Å²) in [5.74, 6) is 0. The molecule has 3 aromatic rings. The number of nitrogens with zero attached hydrogens (tertiary/aromatic N) is 5. The molecule has 0 saturated carbocycles. The van der Waals surface area contributed by atoms with Crippen molar-refractivity contribution >= 4 is 0 Å². The topological polar surface area (TPSA) is 46.8 Å². The molecule has 1 aliphatic rings. The molecule has 1 aliphatic heterocycles. The Labute approximate surface area is 146 Å². The van der Waals surface area contributed by atoms with Crippen LogP contribution in [0.3, 0.4) is 0 Å². The van der Waals surface area contributed by atoms with Crippen molar-refractivity contribution in [2.24, 2.45) is 0 Å². The zero-order valence-corrected chi connectivity index (χ0v) is 14.2. The van der Waals surface area contributed by atoms with Gasteiger partial charge >= 0.3 is 0 Å². The van der Waals surface area contributed by atoms with E-state index in [1.807, 2.05) is 12.1 Å². The second-order valence-electron chi connectivity index (χ2n) is 6.42. The molecule has 0 unspecified atom stereocenters. The third-order valence-electron chi connectivity index (χ3n) is 4.56. The van der Waals surface area contributed by atoms with Gasteiger partial charge < -0.3 is 0 Å². The first-order valence-electron chi connectivity index (χ1n) is 8.44. The number of alkyl halides is 1. The standard InChI is InChI=1S/C19H20FN5/c1-14-3-2-6-21-19(14)18-9-17-13-24(7-8-25(17)23-18)12-15-4-5-16(10-20)22-11-15/h2-6,9,11H,7-8,10,12-13H2,1H3. The second-order valence-corrected chi connectivity index (χ2v) is 6.42. The van der Waals surface area contributed by atoms with Crippen molar-refractivity contribution in [2.75, 3.05) is 6.54 Å². The average molecular weight is 337 g/mol. The molecule has 0 fully saturated rings. The van der Waals surface area contributed by atoms with Gasteiger partial charge in [-0.1, -0.05) is 12.1 Å². The largest absolute Gasteiger partial charge is 0.291 e. The van der Waals surface area contributed by atoms with Crippen molar-refractivity contribution in [2.45, 2.75) is 33.2 Å². The number of hydrogen-bond acceptors (Lipinski definition) is 4. The van der Waals surface area contributed by atoms with E-state index in [2.05, 4.69) is 38.6 Å². The average Bonchev–Trinajstić information content (AvgIpc) is 3.06. The SMILES string of the molecule is Cc1cccnc1-c1cc2n(n1)CCN(Cc1ccc(CF)nc1)C2. The maximum Gasteiger partial charge on any atom is 0.131 e. The highest BCUT2D eigenvalue weighted by Crippen LogP contribution is 2.23. The summed E-state index contributed by atoms with van der Waals surface area (Å²) < 4.78 is 14.6. The fourth-order valence-electron chi connectivity index (χ4n) is 3.21. The third-order valence-corrected chi connectivity index (χ3v) is 4.56. The van der Waals surface area contributed by atoms with Gasteiger partial charge in [0.05, 0.1) is 23.6 Å². The minimum atomic E-state index is -0.515. The van der Waals surface area contributed by atoms with Gasteiger partial charge in [0.15, 0.2) is 0 Å². The lowest BCUT2D eigenvalue weighted by Crippen LogP contribution is -2.33. The molecule has 5 nitrogen and oxygen atoms in total. The molecule has 0 aliphatic carbocycles. The normalized spacial score (nSPS) is 14.5. The molecule has 0 spiro atoms. The molecule has 0 bridgehead atoms. The zero-order valence-electron chi connectivity index (χ0n) is 14.2. The molecule has 25 heavy (non-hydrogen) atoms. The molecule has 0 amide bonds. The smallest absolute Gasteiger partial charge is 0.131 e. The summed E-state index contributed by atoms with van der Waals surface area (Å²) in [6, 6.07) is 9.84. The number of aromatic nitrogens is 4. The highest BCUT2D eigenvalue weighted by atomic mass is 19.1. The highest BCUT2D eigenvalue weighted by molar-refractivity contribution is 5.58. The Kier molecular flexibility index (Phi) is 4.28. The summed E-state index contributed by atoms with van der Waals surface area (Å²) in [7, 11) is 0. The Hall–Kier alpha value is -2.60. The van der Waals surface area contributed by atoms with Crippen molar-refractivity contribution in [3.63, 3.8) is 0 Å². The van der Waals surface area contributed by atoms with Crippen LogP contribution < -0.4 is 0 Å². The van der Waals surface area contributed by atoms with Crippen LogP contribution in [0.2, 0.25) is 0 Å². The van der Waals surface area contributed by atoms with E-state index in [1.54, 1.807) is 18.5 Å². The van der Waals surface area contributed by atoms with E-state index in [-0.39, 0.29) is 0 Å². The zero-order chi connectivity index (χ0) is 17.2. The molecule has 0 radical (unpaired) electrons. The quantitative estimate of drug-likeness (QED) is 0.734. The number of rotatable bonds is 4. The van der Waals surface area contributed by atoms with Crippen molar-refractivity contribution in [3.8, 4) is 11.4 Å². The maximum absolute atomic E-state index is 12.6. The minimum absolute atomic E-state index is 0.482. The van der Waals surface area contributed by atoms with Crippen LogP contribution in [0.15, 0.2) is 42.7 Å². The lowest BCUT2D eigenvalue weighted by molar-refractivity contribution is 0.205. The van der Waals surface area contributed by atoms with Gasteiger partial charge in [-0.05, 0) is 36.2 Å². The van der Waals surface area contributed by atoms with E-state index in [9.17, 15) is 4.39 Å². The van der Waals surface area contributed by atoms with E-state index in [1.165, 1.54) is 5.69 Å². The van der Waals surface area contributed by atoms with Gasteiger partial charge in [-0.15, -0.1) is 0 Å². The lowest BCUT2D eigenvalue weighted by atomic mass is 10.1. The van der Waals surface area contributed by atoms with Crippen LogP contribution in [0.25, 0.3) is 11.4 Å². The Morgan fingerprint density at radius 1 is 1.16 bits per heavy atom. The molecule has 4 rings (SSSR count). The summed E-state index contributed by atoms with van der Waals surface area (Å²) in [5, 5.41) is 4.72. The fourth-order valence-corrected chi connectivity index (χ4v) is 3.21. The number of hydrogen-bond donors (Lipinski definition) is 0. The van der Waals surface area contributed by atoms with Gasteiger partial charge in [-0.2, -0.15) is 5.10 Å². The Morgan fingerprint density at radius 2 is 2.08 bits per heavy atom. The molecule has 0 N–H and O–H groups in total. The second kappa shape index (κ2) is 6.72. The van der Waals surface area contributed by atoms with Gasteiger partial charge in [0.1, 0.15) is 12.4 Å². The van der Waals surface area contributed by atoms with Crippen LogP contribution in [0.5, 0.6) is 0 Å². The Morgan fingerprint density at radius 3 is 2.84 bits per heavy atom. The van der Waals surface area contributed by atoms with Crippen LogP contribution in [0.4, 0.5) is 4.39 Å².